The fourth-order valence-electron chi connectivity index (χ4n) is 1.79. The molecule has 1 fully saturated rings. The third kappa shape index (κ3) is 3.57. The van der Waals surface area contributed by atoms with Gasteiger partial charge in [0, 0.05) is 12.5 Å². The number of alkyl halides is 1. The number of amides is 1. The van der Waals surface area contributed by atoms with Crippen LogP contribution in [-0.4, -0.2) is 46.9 Å². The number of carboxylic acids is 1. The molecule has 1 N–H and O–H groups in total. The van der Waals surface area contributed by atoms with Crippen LogP contribution in [0, 0.1) is 5.92 Å². The number of carbonyl (C=O) groups is 2. The van der Waals surface area contributed by atoms with E-state index in [0.29, 0.717) is 0 Å². The quantitative estimate of drug-likeness (QED) is 0.806. The molecule has 98 valence electrons. The Bertz CT molecular complexity index is 313. The van der Waals surface area contributed by atoms with E-state index in [2.05, 4.69) is 0 Å². The van der Waals surface area contributed by atoms with Crippen molar-refractivity contribution in [3.8, 4) is 0 Å². The van der Waals surface area contributed by atoms with Gasteiger partial charge in [-0.2, -0.15) is 0 Å². The van der Waals surface area contributed by atoms with Gasteiger partial charge in [-0.05, 0) is 27.2 Å². The fraction of sp³-hybridized carbons (Fsp3) is 0.818. The molecule has 2 atom stereocenters. The standard InChI is InChI=1S/C11H18FNO4/c1-11(2,3)17-10(16)13-6-7(5-12)4-8(13)9(14)15/h7-8H,4-6H2,1-3H3,(H,14,15)/t7-,8+/m0/s1. The second-order valence-corrected chi connectivity index (χ2v) is 5.24. The molecule has 1 heterocycles. The first-order valence-electron chi connectivity index (χ1n) is 5.53. The summed E-state index contributed by atoms with van der Waals surface area (Å²) in [5.74, 6) is -1.53. The van der Waals surface area contributed by atoms with E-state index in [0.717, 1.165) is 4.90 Å². The molecule has 0 aliphatic carbocycles. The first kappa shape index (κ1) is 13.7. The minimum absolute atomic E-state index is 0.0996. The Kier molecular flexibility index (Phi) is 3.95. The zero-order valence-corrected chi connectivity index (χ0v) is 10.3. The summed E-state index contributed by atoms with van der Waals surface area (Å²) < 4.78 is 17.6. The maximum absolute atomic E-state index is 12.5. The van der Waals surface area contributed by atoms with E-state index in [1.807, 2.05) is 0 Å². The highest BCUT2D eigenvalue weighted by Gasteiger charge is 2.41. The van der Waals surface area contributed by atoms with Crippen molar-refractivity contribution in [1.29, 1.82) is 0 Å². The van der Waals surface area contributed by atoms with Crippen molar-refractivity contribution in [3.05, 3.63) is 0 Å². The van der Waals surface area contributed by atoms with Crippen LogP contribution in [0.1, 0.15) is 27.2 Å². The molecule has 1 saturated heterocycles. The van der Waals surface area contributed by atoms with Crippen molar-refractivity contribution in [2.45, 2.75) is 38.8 Å². The molecule has 5 nitrogen and oxygen atoms in total. The van der Waals surface area contributed by atoms with E-state index in [1.54, 1.807) is 20.8 Å². The Morgan fingerprint density at radius 2 is 2.06 bits per heavy atom. The number of likely N-dealkylation sites (tertiary alicyclic amines) is 1. The Hall–Kier alpha value is -1.33. The molecule has 0 spiro atoms. The molecular formula is C11H18FNO4. The van der Waals surface area contributed by atoms with E-state index in [1.165, 1.54) is 0 Å². The van der Waals surface area contributed by atoms with E-state index in [9.17, 15) is 14.0 Å². The van der Waals surface area contributed by atoms with Crippen molar-refractivity contribution in [1.82, 2.24) is 4.90 Å². The third-order valence-corrected chi connectivity index (χ3v) is 2.52. The van der Waals surface area contributed by atoms with Gasteiger partial charge in [0.25, 0.3) is 0 Å². The molecule has 0 radical (unpaired) electrons. The summed E-state index contributed by atoms with van der Waals surface area (Å²) in [5.41, 5.74) is -0.687. The lowest BCUT2D eigenvalue weighted by atomic mass is 10.1. The van der Waals surface area contributed by atoms with Gasteiger partial charge in [0.15, 0.2) is 0 Å². The summed E-state index contributed by atoms with van der Waals surface area (Å²) in [4.78, 5) is 23.8. The monoisotopic (exact) mass is 247 g/mol. The van der Waals surface area contributed by atoms with E-state index < -0.39 is 36.3 Å². The summed E-state index contributed by atoms with van der Waals surface area (Å²) in [7, 11) is 0. The van der Waals surface area contributed by atoms with Gasteiger partial charge < -0.3 is 9.84 Å². The predicted molar refractivity (Wildman–Crippen MR) is 58.4 cm³/mol. The number of rotatable bonds is 2. The van der Waals surface area contributed by atoms with Crippen LogP contribution in [0.5, 0.6) is 0 Å². The Labute approximate surface area is 99.5 Å². The highest BCUT2D eigenvalue weighted by Crippen LogP contribution is 2.25. The van der Waals surface area contributed by atoms with E-state index in [4.69, 9.17) is 9.84 Å². The van der Waals surface area contributed by atoms with Crippen LogP contribution in [0.25, 0.3) is 0 Å². The Balaban J connectivity index is 2.73. The van der Waals surface area contributed by atoms with Crippen LogP contribution >= 0.6 is 0 Å². The number of carbonyl (C=O) groups excluding carboxylic acids is 1. The van der Waals surface area contributed by atoms with E-state index >= 15 is 0 Å². The molecule has 0 aromatic carbocycles. The number of aliphatic carboxylic acids is 1. The number of ether oxygens (including phenoxy) is 1. The van der Waals surface area contributed by atoms with Crippen LogP contribution in [-0.2, 0) is 9.53 Å². The molecule has 0 aromatic rings. The largest absolute Gasteiger partial charge is 0.480 e. The van der Waals surface area contributed by atoms with Gasteiger partial charge in [0.2, 0.25) is 0 Å². The lowest BCUT2D eigenvalue weighted by Gasteiger charge is -2.26. The lowest BCUT2D eigenvalue weighted by Crippen LogP contribution is -2.43. The second kappa shape index (κ2) is 4.89. The Morgan fingerprint density at radius 1 is 1.47 bits per heavy atom. The number of hydrogen-bond donors (Lipinski definition) is 1. The summed E-state index contributed by atoms with van der Waals surface area (Å²) in [5, 5.41) is 8.97. The zero-order chi connectivity index (χ0) is 13.2. The highest BCUT2D eigenvalue weighted by molar-refractivity contribution is 5.81. The van der Waals surface area contributed by atoms with Crippen LogP contribution in [0.4, 0.5) is 9.18 Å². The van der Waals surface area contributed by atoms with Gasteiger partial charge in [-0.1, -0.05) is 0 Å². The van der Waals surface area contributed by atoms with Crippen LogP contribution in [0.15, 0.2) is 0 Å². The molecule has 0 bridgehead atoms. The van der Waals surface area contributed by atoms with Crippen LogP contribution < -0.4 is 0 Å². The molecule has 17 heavy (non-hydrogen) atoms. The van der Waals surface area contributed by atoms with Crippen molar-refractivity contribution >= 4 is 12.1 Å². The van der Waals surface area contributed by atoms with Gasteiger partial charge in [0.1, 0.15) is 11.6 Å². The molecule has 1 aliphatic rings. The first-order valence-corrected chi connectivity index (χ1v) is 5.53. The average molecular weight is 247 g/mol. The molecule has 1 rings (SSSR count). The molecule has 1 amide bonds. The summed E-state index contributed by atoms with van der Waals surface area (Å²) in [6.07, 6.45) is -0.550. The maximum Gasteiger partial charge on any atom is 0.411 e. The van der Waals surface area contributed by atoms with Crippen molar-refractivity contribution < 1.29 is 23.8 Å². The smallest absolute Gasteiger partial charge is 0.411 e. The highest BCUT2D eigenvalue weighted by atomic mass is 19.1. The second-order valence-electron chi connectivity index (χ2n) is 5.24. The van der Waals surface area contributed by atoms with Crippen molar-refractivity contribution in [2.75, 3.05) is 13.2 Å². The lowest BCUT2D eigenvalue weighted by molar-refractivity contribution is -0.142. The molecule has 0 unspecified atom stereocenters. The molecule has 0 aromatic heterocycles. The Morgan fingerprint density at radius 3 is 2.47 bits per heavy atom. The number of carboxylic acid groups (broad SMARTS) is 1. The van der Waals surface area contributed by atoms with Gasteiger partial charge >= 0.3 is 12.1 Å². The topological polar surface area (TPSA) is 66.8 Å². The van der Waals surface area contributed by atoms with Crippen LogP contribution in [0.2, 0.25) is 0 Å². The predicted octanol–water partition coefficient (Wildman–Crippen LogP) is 1.67. The SMILES string of the molecule is CC(C)(C)OC(=O)N1C[C@H](CF)C[C@@H]1C(=O)O. The maximum atomic E-state index is 12.5. The minimum Gasteiger partial charge on any atom is -0.480 e. The van der Waals surface area contributed by atoms with Crippen molar-refractivity contribution in [2.24, 2.45) is 5.92 Å². The average Bonchev–Trinajstić information content (AvgIpc) is 2.58. The number of hydrogen-bond acceptors (Lipinski definition) is 3. The van der Waals surface area contributed by atoms with Crippen LogP contribution in [0.3, 0.4) is 0 Å². The summed E-state index contributed by atoms with van der Waals surface area (Å²) in [6.45, 7) is 4.57. The minimum atomic E-state index is -1.12. The summed E-state index contributed by atoms with van der Waals surface area (Å²) in [6, 6.07) is -0.981. The zero-order valence-electron chi connectivity index (χ0n) is 10.3. The molecule has 1 aliphatic heterocycles. The number of halogens is 1. The molecule has 6 heteroatoms. The van der Waals surface area contributed by atoms with Gasteiger partial charge in [-0.25, -0.2) is 9.59 Å². The van der Waals surface area contributed by atoms with Crippen molar-refractivity contribution in [3.63, 3.8) is 0 Å². The molecular weight excluding hydrogens is 229 g/mol. The fourth-order valence-corrected chi connectivity index (χ4v) is 1.79. The van der Waals surface area contributed by atoms with Gasteiger partial charge in [-0.3, -0.25) is 9.29 Å². The van der Waals surface area contributed by atoms with E-state index in [-0.39, 0.29) is 13.0 Å². The summed E-state index contributed by atoms with van der Waals surface area (Å²) >= 11 is 0. The normalized spacial score (nSPS) is 24.8. The molecule has 0 saturated carbocycles. The van der Waals surface area contributed by atoms with Gasteiger partial charge in [-0.15, -0.1) is 0 Å². The number of nitrogens with zero attached hydrogens (tertiary/aromatic N) is 1. The first-order chi connectivity index (χ1) is 7.74. The third-order valence-electron chi connectivity index (χ3n) is 2.52. The van der Waals surface area contributed by atoms with Gasteiger partial charge in [0.05, 0.1) is 6.67 Å².